The molecule has 0 spiro atoms. The fraction of sp³-hybridized carbons (Fsp3) is 0.357. The van der Waals surface area contributed by atoms with E-state index in [1.807, 2.05) is 18.2 Å². The van der Waals surface area contributed by atoms with E-state index in [0.29, 0.717) is 6.54 Å². The number of benzene rings is 1. The summed E-state index contributed by atoms with van der Waals surface area (Å²) < 4.78 is 0. The Labute approximate surface area is 106 Å². The second-order valence-corrected chi connectivity index (χ2v) is 5.02. The third-order valence-corrected chi connectivity index (χ3v) is 3.78. The minimum atomic E-state index is 0.571. The molecular formula is C14H15ClN2. The number of halogens is 1. The zero-order valence-electron chi connectivity index (χ0n) is 9.67. The number of hydrogen-bond acceptors (Lipinski definition) is 2. The fourth-order valence-corrected chi connectivity index (χ4v) is 2.90. The third kappa shape index (κ3) is 1.81. The van der Waals surface area contributed by atoms with E-state index in [9.17, 15) is 0 Å². The maximum Gasteiger partial charge on any atom is 0.0709 e. The summed E-state index contributed by atoms with van der Waals surface area (Å²) in [4.78, 5) is 4.75. The van der Waals surface area contributed by atoms with Crippen LogP contribution in [0.2, 0.25) is 5.02 Å². The maximum atomic E-state index is 6.06. The largest absolute Gasteiger partial charge is 0.326 e. The van der Waals surface area contributed by atoms with Crippen molar-refractivity contribution < 1.29 is 0 Å². The lowest BCUT2D eigenvalue weighted by Crippen LogP contribution is -2.12. The first-order valence-electron chi connectivity index (χ1n) is 6.09. The number of aromatic nitrogens is 1. The number of nitrogens with zero attached hydrogens (tertiary/aromatic N) is 1. The molecule has 0 fully saturated rings. The fourth-order valence-electron chi connectivity index (χ4n) is 2.73. The van der Waals surface area contributed by atoms with Crippen LogP contribution in [0.25, 0.3) is 10.9 Å². The molecule has 3 rings (SSSR count). The highest BCUT2D eigenvalue weighted by Crippen LogP contribution is 2.30. The van der Waals surface area contributed by atoms with E-state index in [0.717, 1.165) is 28.8 Å². The molecule has 2 aromatic rings. The van der Waals surface area contributed by atoms with Gasteiger partial charge in [-0.2, -0.15) is 0 Å². The average Bonchev–Trinajstić information content (AvgIpc) is 2.36. The van der Waals surface area contributed by atoms with Gasteiger partial charge in [0.15, 0.2) is 0 Å². The molecule has 1 aromatic heterocycles. The summed E-state index contributed by atoms with van der Waals surface area (Å²) in [7, 11) is 0. The molecular weight excluding hydrogens is 232 g/mol. The highest BCUT2D eigenvalue weighted by atomic mass is 35.5. The van der Waals surface area contributed by atoms with Crippen LogP contribution in [0.5, 0.6) is 0 Å². The SMILES string of the molecule is NCc1c2c(nc3ccc(Cl)cc13)CCCC2. The average molecular weight is 247 g/mol. The van der Waals surface area contributed by atoms with Gasteiger partial charge in [0.25, 0.3) is 0 Å². The smallest absolute Gasteiger partial charge is 0.0709 e. The Balaban J connectivity index is 2.35. The van der Waals surface area contributed by atoms with Crippen molar-refractivity contribution in [2.24, 2.45) is 5.73 Å². The number of nitrogens with two attached hydrogens (primary N) is 1. The predicted octanol–water partition coefficient (Wildman–Crippen LogP) is 3.23. The molecule has 0 bridgehead atoms. The Kier molecular flexibility index (Phi) is 2.77. The van der Waals surface area contributed by atoms with Gasteiger partial charge in [-0.05, 0) is 55.0 Å². The van der Waals surface area contributed by atoms with Gasteiger partial charge >= 0.3 is 0 Å². The van der Waals surface area contributed by atoms with Crippen LogP contribution in [-0.4, -0.2) is 4.98 Å². The Morgan fingerprint density at radius 3 is 2.88 bits per heavy atom. The van der Waals surface area contributed by atoms with E-state index < -0.39 is 0 Å². The first kappa shape index (κ1) is 11.0. The van der Waals surface area contributed by atoms with Gasteiger partial charge in [0.1, 0.15) is 0 Å². The molecule has 0 aliphatic heterocycles. The van der Waals surface area contributed by atoms with Crippen LogP contribution in [0, 0.1) is 0 Å². The first-order valence-corrected chi connectivity index (χ1v) is 6.47. The third-order valence-electron chi connectivity index (χ3n) is 3.55. The standard InChI is InChI=1S/C14H15ClN2/c15-9-5-6-14-11(7-9)12(8-16)10-3-1-2-4-13(10)17-14/h5-7H,1-4,8,16H2. The van der Waals surface area contributed by atoms with Gasteiger partial charge in [0.2, 0.25) is 0 Å². The van der Waals surface area contributed by atoms with E-state index in [1.165, 1.54) is 29.7 Å². The van der Waals surface area contributed by atoms with Gasteiger partial charge in [0, 0.05) is 22.6 Å². The topological polar surface area (TPSA) is 38.9 Å². The molecule has 0 unspecified atom stereocenters. The van der Waals surface area contributed by atoms with Crippen molar-refractivity contribution in [2.75, 3.05) is 0 Å². The lowest BCUT2D eigenvalue weighted by Gasteiger charge is -2.20. The van der Waals surface area contributed by atoms with Crippen LogP contribution in [-0.2, 0) is 19.4 Å². The van der Waals surface area contributed by atoms with Crippen molar-refractivity contribution in [3.63, 3.8) is 0 Å². The Bertz CT molecular complexity index is 578. The van der Waals surface area contributed by atoms with Crippen molar-refractivity contribution >= 4 is 22.5 Å². The molecule has 0 amide bonds. The van der Waals surface area contributed by atoms with Crippen LogP contribution in [0.3, 0.4) is 0 Å². The number of hydrogen-bond donors (Lipinski definition) is 1. The van der Waals surface area contributed by atoms with Crippen molar-refractivity contribution in [2.45, 2.75) is 32.2 Å². The molecule has 1 aliphatic rings. The summed E-state index contributed by atoms with van der Waals surface area (Å²) in [5.74, 6) is 0. The zero-order valence-corrected chi connectivity index (χ0v) is 10.4. The Morgan fingerprint density at radius 2 is 2.06 bits per heavy atom. The summed E-state index contributed by atoms with van der Waals surface area (Å²) >= 11 is 6.06. The zero-order chi connectivity index (χ0) is 11.8. The minimum Gasteiger partial charge on any atom is -0.326 e. The van der Waals surface area contributed by atoms with E-state index in [1.54, 1.807) is 0 Å². The molecule has 0 atom stereocenters. The summed E-state index contributed by atoms with van der Waals surface area (Å²) in [5.41, 5.74) is 10.8. The number of rotatable bonds is 1. The predicted molar refractivity (Wildman–Crippen MR) is 71.3 cm³/mol. The second kappa shape index (κ2) is 4.28. The molecule has 1 aromatic carbocycles. The van der Waals surface area contributed by atoms with Gasteiger partial charge < -0.3 is 5.73 Å². The van der Waals surface area contributed by atoms with Crippen molar-refractivity contribution in [1.82, 2.24) is 4.98 Å². The molecule has 0 saturated carbocycles. The van der Waals surface area contributed by atoms with Crippen LogP contribution in [0.1, 0.15) is 29.7 Å². The van der Waals surface area contributed by atoms with Gasteiger partial charge in [-0.25, -0.2) is 0 Å². The second-order valence-electron chi connectivity index (χ2n) is 4.59. The highest BCUT2D eigenvalue weighted by molar-refractivity contribution is 6.31. The van der Waals surface area contributed by atoms with Crippen molar-refractivity contribution in [3.8, 4) is 0 Å². The van der Waals surface area contributed by atoms with Crippen LogP contribution in [0.15, 0.2) is 18.2 Å². The summed E-state index contributed by atoms with van der Waals surface area (Å²) in [6, 6.07) is 5.87. The maximum absolute atomic E-state index is 6.06. The van der Waals surface area contributed by atoms with Crippen LogP contribution in [0.4, 0.5) is 0 Å². The molecule has 1 aliphatic carbocycles. The molecule has 2 N–H and O–H groups in total. The summed E-state index contributed by atoms with van der Waals surface area (Å²) in [6.45, 7) is 0.571. The molecule has 17 heavy (non-hydrogen) atoms. The van der Waals surface area contributed by atoms with E-state index in [4.69, 9.17) is 22.3 Å². The van der Waals surface area contributed by atoms with Crippen molar-refractivity contribution in [3.05, 3.63) is 40.0 Å². The van der Waals surface area contributed by atoms with Crippen LogP contribution >= 0.6 is 11.6 Å². The molecule has 0 saturated heterocycles. The van der Waals surface area contributed by atoms with Crippen LogP contribution < -0.4 is 5.73 Å². The number of fused-ring (bicyclic) bond motifs is 2. The Morgan fingerprint density at radius 1 is 1.24 bits per heavy atom. The quantitative estimate of drug-likeness (QED) is 0.839. The lowest BCUT2D eigenvalue weighted by atomic mass is 9.90. The van der Waals surface area contributed by atoms with Gasteiger partial charge in [0.05, 0.1) is 5.52 Å². The van der Waals surface area contributed by atoms with E-state index in [2.05, 4.69) is 0 Å². The molecule has 0 radical (unpaired) electrons. The number of aryl methyl sites for hydroxylation is 1. The summed E-state index contributed by atoms with van der Waals surface area (Å²) in [6.07, 6.45) is 4.68. The summed E-state index contributed by atoms with van der Waals surface area (Å²) in [5, 5.41) is 1.88. The van der Waals surface area contributed by atoms with Gasteiger partial charge in [-0.3, -0.25) is 4.98 Å². The van der Waals surface area contributed by atoms with E-state index >= 15 is 0 Å². The number of pyridine rings is 1. The van der Waals surface area contributed by atoms with Crippen molar-refractivity contribution in [1.29, 1.82) is 0 Å². The molecule has 88 valence electrons. The minimum absolute atomic E-state index is 0.571. The van der Waals surface area contributed by atoms with Gasteiger partial charge in [-0.15, -0.1) is 0 Å². The van der Waals surface area contributed by atoms with E-state index in [-0.39, 0.29) is 0 Å². The normalized spacial score (nSPS) is 14.9. The highest BCUT2D eigenvalue weighted by Gasteiger charge is 2.17. The molecule has 3 heteroatoms. The van der Waals surface area contributed by atoms with Gasteiger partial charge in [-0.1, -0.05) is 11.6 Å². The molecule has 1 heterocycles. The lowest BCUT2D eigenvalue weighted by molar-refractivity contribution is 0.664. The first-order chi connectivity index (χ1) is 8.29. The Hall–Kier alpha value is -1.12. The monoisotopic (exact) mass is 246 g/mol. The molecule has 2 nitrogen and oxygen atoms in total.